The summed E-state index contributed by atoms with van der Waals surface area (Å²) in [7, 11) is 0. The zero-order chi connectivity index (χ0) is 27.6. The van der Waals surface area contributed by atoms with E-state index < -0.39 is 0 Å². The fourth-order valence-electron chi connectivity index (χ4n) is 5.65. The average molecular weight is 517 g/mol. The van der Waals surface area contributed by atoms with E-state index in [9.17, 15) is 0 Å². The minimum absolute atomic E-state index is 1.12. The zero-order valence-corrected chi connectivity index (χ0v) is 23.0. The van der Waals surface area contributed by atoms with Crippen LogP contribution in [0, 0.1) is 13.8 Å². The Hall–Kier alpha value is -5.08. The van der Waals surface area contributed by atoms with Crippen LogP contribution in [0.25, 0.3) is 56.5 Å². The number of hydrogen-bond acceptors (Lipinski definition) is 0. The van der Waals surface area contributed by atoms with Crippen molar-refractivity contribution < 1.29 is 0 Å². The van der Waals surface area contributed by atoms with E-state index in [1.807, 2.05) is 24.3 Å². The minimum atomic E-state index is 1.12. The normalized spacial score (nSPS) is 11.8. The number of nitrogens with zero attached hydrogens (tertiary/aromatic N) is 2. The highest BCUT2D eigenvalue weighted by Crippen LogP contribution is 2.33. The molecule has 6 rings (SSSR count). The molecule has 2 heteroatoms. The number of allylic oxidation sites excluding steroid dienone is 4. The summed E-state index contributed by atoms with van der Waals surface area (Å²) in [6.07, 6.45) is 11.9. The second-order valence-electron chi connectivity index (χ2n) is 10.0. The molecule has 0 aliphatic rings. The van der Waals surface area contributed by atoms with Gasteiger partial charge in [-0.05, 0) is 84.7 Å². The molecule has 0 fully saturated rings. The fraction of sp³-hybridized carbons (Fsp3) is 0.0526. The van der Waals surface area contributed by atoms with E-state index in [-0.39, 0.29) is 0 Å². The molecule has 0 aliphatic heterocycles. The van der Waals surface area contributed by atoms with Gasteiger partial charge in [0.05, 0.1) is 11.0 Å². The molecule has 194 valence electrons. The van der Waals surface area contributed by atoms with Crippen LogP contribution in [0.1, 0.15) is 22.5 Å². The van der Waals surface area contributed by atoms with E-state index in [0.717, 1.165) is 22.8 Å². The van der Waals surface area contributed by atoms with Gasteiger partial charge in [-0.25, -0.2) is 0 Å². The summed E-state index contributed by atoms with van der Waals surface area (Å²) in [5.41, 5.74) is 11.9. The van der Waals surface area contributed by atoms with Gasteiger partial charge in [-0.1, -0.05) is 98.1 Å². The molecule has 0 N–H and O–H groups in total. The lowest BCUT2D eigenvalue weighted by Crippen LogP contribution is -2.00. The third-order valence-corrected chi connectivity index (χ3v) is 7.76. The molecule has 6 aromatic rings. The Balaban J connectivity index is 1.38. The molecule has 0 unspecified atom stereocenters. The summed E-state index contributed by atoms with van der Waals surface area (Å²) >= 11 is 0. The fourth-order valence-corrected chi connectivity index (χ4v) is 5.65. The van der Waals surface area contributed by atoms with Crippen LogP contribution in [0.15, 0.2) is 135 Å². The van der Waals surface area contributed by atoms with Crippen molar-refractivity contribution in [2.45, 2.75) is 13.8 Å². The molecule has 0 spiro atoms. The van der Waals surface area contributed by atoms with Crippen molar-refractivity contribution in [2.24, 2.45) is 0 Å². The molecular formula is C38H32N2. The van der Waals surface area contributed by atoms with Crippen LogP contribution in [-0.4, -0.2) is 9.13 Å². The van der Waals surface area contributed by atoms with Gasteiger partial charge in [0.25, 0.3) is 0 Å². The van der Waals surface area contributed by atoms with Crippen LogP contribution in [0.5, 0.6) is 0 Å². The number of benzene rings is 4. The Labute approximate surface area is 236 Å². The molecule has 2 aromatic heterocycles. The molecule has 4 aromatic carbocycles. The molecule has 2 nitrogen and oxygen atoms in total. The predicted molar refractivity (Wildman–Crippen MR) is 173 cm³/mol. The molecule has 0 saturated heterocycles. The van der Waals surface area contributed by atoms with Crippen molar-refractivity contribution in [2.75, 3.05) is 0 Å². The van der Waals surface area contributed by atoms with Gasteiger partial charge in [-0.15, -0.1) is 0 Å². The lowest BCUT2D eigenvalue weighted by Gasteiger charge is -2.13. The van der Waals surface area contributed by atoms with E-state index >= 15 is 0 Å². The lowest BCUT2D eigenvalue weighted by atomic mass is 10.0. The SMILES string of the molecule is C=C/C=C\c1c(C)c(C)c(/C=C\C=C)n1-c1ccc(-c2ccc(-n3c4ccccc4c4ccccc43)cc2)cc1. The van der Waals surface area contributed by atoms with E-state index in [2.05, 4.69) is 145 Å². The topological polar surface area (TPSA) is 9.86 Å². The van der Waals surface area contributed by atoms with E-state index in [1.165, 1.54) is 44.1 Å². The summed E-state index contributed by atoms with van der Waals surface area (Å²) < 4.78 is 4.66. The molecule has 0 atom stereocenters. The number of rotatable bonds is 7. The van der Waals surface area contributed by atoms with Crippen molar-refractivity contribution in [3.05, 3.63) is 157 Å². The molecular weight excluding hydrogens is 484 g/mol. The van der Waals surface area contributed by atoms with Crippen LogP contribution < -0.4 is 0 Å². The smallest absolute Gasteiger partial charge is 0.0541 e. The van der Waals surface area contributed by atoms with Crippen LogP contribution in [-0.2, 0) is 0 Å². The first-order valence-electron chi connectivity index (χ1n) is 13.6. The van der Waals surface area contributed by atoms with Crippen molar-refractivity contribution >= 4 is 34.0 Å². The quantitative estimate of drug-likeness (QED) is 0.187. The van der Waals surface area contributed by atoms with Crippen molar-refractivity contribution in [1.29, 1.82) is 0 Å². The van der Waals surface area contributed by atoms with Crippen molar-refractivity contribution in [3.63, 3.8) is 0 Å². The number of aromatic nitrogens is 2. The first kappa shape index (κ1) is 25.2. The Morgan fingerprint density at radius 3 is 1.32 bits per heavy atom. The summed E-state index contributed by atoms with van der Waals surface area (Å²) in [4.78, 5) is 0. The van der Waals surface area contributed by atoms with Crippen LogP contribution >= 0.6 is 0 Å². The average Bonchev–Trinajstić information content (AvgIpc) is 3.46. The number of hydrogen-bond donors (Lipinski definition) is 0. The molecule has 0 aliphatic carbocycles. The molecule has 2 heterocycles. The maximum atomic E-state index is 3.86. The monoisotopic (exact) mass is 516 g/mol. The highest BCUT2D eigenvalue weighted by atomic mass is 15.0. The van der Waals surface area contributed by atoms with Crippen LogP contribution in [0.2, 0.25) is 0 Å². The summed E-state index contributed by atoms with van der Waals surface area (Å²) in [5, 5.41) is 2.55. The Bertz CT molecular complexity index is 1830. The maximum Gasteiger partial charge on any atom is 0.0541 e. The van der Waals surface area contributed by atoms with Crippen molar-refractivity contribution in [3.8, 4) is 22.5 Å². The van der Waals surface area contributed by atoms with E-state index in [0.29, 0.717) is 0 Å². The maximum absolute atomic E-state index is 3.86. The second kappa shape index (κ2) is 10.6. The Kier molecular flexibility index (Phi) is 6.67. The minimum Gasteiger partial charge on any atom is -0.310 e. The van der Waals surface area contributed by atoms with Gasteiger partial charge in [0.2, 0.25) is 0 Å². The first-order chi connectivity index (χ1) is 19.6. The van der Waals surface area contributed by atoms with Gasteiger partial charge in [-0.3, -0.25) is 0 Å². The van der Waals surface area contributed by atoms with E-state index in [4.69, 9.17) is 0 Å². The number of fused-ring (bicyclic) bond motifs is 3. The van der Waals surface area contributed by atoms with Crippen LogP contribution in [0.4, 0.5) is 0 Å². The molecule has 0 radical (unpaired) electrons. The van der Waals surface area contributed by atoms with Gasteiger partial charge < -0.3 is 9.13 Å². The van der Waals surface area contributed by atoms with Gasteiger partial charge in [0, 0.05) is 33.5 Å². The molecule has 0 amide bonds. The lowest BCUT2D eigenvalue weighted by molar-refractivity contribution is 1.04. The second-order valence-corrected chi connectivity index (χ2v) is 10.0. The Morgan fingerprint density at radius 2 is 0.900 bits per heavy atom. The van der Waals surface area contributed by atoms with Gasteiger partial charge in [-0.2, -0.15) is 0 Å². The molecule has 40 heavy (non-hydrogen) atoms. The predicted octanol–water partition coefficient (Wildman–Crippen LogP) is 10.3. The van der Waals surface area contributed by atoms with Crippen LogP contribution in [0.3, 0.4) is 0 Å². The van der Waals surface area contributed by atoms with Crippen molar-refractivity contribution in [1.82, 2.24) is 9.13 Å². The molecule has 0 saturated carbocycles. The highest BCUT2D eigenvalue weighted by Gasteiger charge is 2.16. The summed E-state index contributed by atoms with van der Waals surface area (Å²) in [5.74, 6) is 0. The summed E-state index contributed by atoms with van der Waals surface area (Å²) in [6.45, 7) is 12.1. The van der Waals surface area contributed by atoms with Gasteiger partial charge in [0.1, 0.15) is 0 Å². The highest BCUT2D eigenvalue weighted by molar-refractivity contribution is 6.09. The Morgan fingerprint density at radius 1 is 0.500 bits per heavy atom. The first-order valence-corrected chi connectivity index (χ1v) is 13.6. The number of para-hydroxylation sites is 2. The third kappa shape index (κ3) is 4.24. The van der Waals surface area contributed by atoms with E-state index in [1.54, 1.807) is 0 Å². The standard InChI is InChI=1S/C38H32N2/c1-5-7-15-35-27(3)28(4)36(16-8-6-2)39(35)31-23-19-29(20-24-31)30-21-25-32(26-22-30)40-37-17-11-9-13-33(37)34-14-10-12-18-38(34)40/h5-26H,1-2H2,3-4H3/b15-7-,16-8-. The van der Waals surface area contributed by atoms with Gasteiger partial charge >= 0.3 is 0 Å². The summed E-state index contributed by atoms with van der Waals surface area (Å²) in [6, 6.07) is 34.9. The third-order valence-electron chi connectivity index (χ3n) is 7.76. The molecule has 0 bridgehead atoms. The largest absolute Gasteiger partial charge is 0.310 e. The van der Waals surface area contributed by atoms with Gasteiger partial charge in [0.15, 0.2) is 0 Å². The zero-order valence-electron chi connectivity index (χ0n) is 23.0.